The van der Waals surface area contributed by atoms with E-state index >= 15 is 0 Å². The minimum absolute atomic E-state index is 0.0179. The van der Waals surface area contributed by atoms with Gasteiger partial charge >= 0.3 is 6.03 Å². The van der Waals surface area contributed by atoms with E-state index in [-0.39, 0.29) is 18.0 Å². The van der Waals surface area contributed by atoms with Crippen molar-refractivity contribution in [1.29, 1.82) is 0 Å². The van der Waals surface area contributed by atoms with Crippen molar-refractivity contribution in [2.45, 2.75) is 11.8 Å². The monoisotopic (exact) mass is 427 g/mol. The molecule has 30 heavy (non-hydrogen) atoms. The van der Waals surface area contributed by atoms with E-state index in [2.05, 4.69) is 10.0 Å². The first kappa shape index (κ1) is 21.5. The Morgan fingerprint density at radius 3 is 2.20 bits per heavy atom. The minimum atomic E-state index is -3.70. The molecule has 3 aromatic rings. The molecule has 0 unspecified atom stereocenters. The second kappa shape index (κ2) is 9.51. The highest BCUT2D eigenvalue weighted by Gasteiger charge is 2.18. The van der Waals surface area contributed by atoms with Crippen LogP contribution in [0, 0.1) is 12.7 Å². The van der Waals surface area contributed by atoms with E-state index in [9.17, 15) is 17.6 Å². The maximum Gasteiger partial charge on any atom is 0.326 e. The van der Waals surface area contributed by atoms with Crippen LogP contribution in [0.25, 0.3) is 0 Å². The highest BCUT2D eigenvalue weighted by atomic mass is 32.2. The molecule has 2 N–H and O–H groups in total. The number of carbonyl (C=O) groups is 1. The molecule has 0 aliphatic heterocycles. The van der Waals surface area contributed by atoms with Gasteiger partial charge in [-0.05, 0) is 55.5 Å². The third-order valence-electron chi connectivity index (χ3n) is 4.37. The van der Waals surface area contributed by atoms with Crippen molar-refractivity contribution >= 4 is 27.4 Å². The summed E-state index contributed by atoms with van der Waals surface area (Å²) in [5, 5.41) is 2.78. The lowest BCUT2D eigenvalue weighted by molar-refractivity contribution is 0.257. The van der Waals surface area contributed by atoms with Crippen molar-refractivity contribution in [2.24, 2.45) is 0 Å². The molecule has 6 nitrogen and oxygen atoms in total. The molecule has 0 bridgehead atoms. The first-order valence-corrected chi connectivity index (χ1v) is 10.8. The minimum Gasteiger partial charge on any atom is -0.308 e. The zero-order valence-corrected chi connectivity index (χ0v) is 17.2. The Hall–Kier alpha value is -3.23. The van der Waals surface area contributed by atoms with Gasteiger partial charge in [0.05, 0.1) is 4.90 Å². The summed E-state index contributed by atoms with van der Waals surface area (Å²) in [5.41, 5.74) is 2.10. The fourth-order valence-corrected chi connectivity index (χ4v) is 3.81. The van der Waals surface area contributed by atoms with E-state index < -0.39 is 21.9 Å². The first-order chi connectivity index (χ1) is 14.3. The number of nitrogens with one attached hydrogen (secondary N) is 2. The van der Waals surface area contributed by atoms with Gasteiger partial charge in [-0.25, -0.2) is 22.3 Å². The molecule has 0 saturated heterocycles. The number of rotatable bonds is 7. The van der Waals surface area contributed by atoms with Gasteiger partial charge in [-0.1, -0.05) is 35.9 Å². The second-order valence-electron chi connectivity index (χ2n) is 6.64. The van der Waals surface area contributed by atoms with Crippen molar-refractivity contribution in [3.8, 4) is 0 Å². The van der Waals surface area contributed by atoms with E-state index in [1.807, 2.05) is 19.1 Å². The molecule has 0 spiro atoms. The van der Waals surface area contributed by atoms with E-state index in [0.29, 0.717) is 11.4 Å². The van der Waals surface area contributed by atoms with E-state index in [1.54, 1.807) is 30.3 Å². The van der Waals surface area contributed by atoms with Crippen LogP contribution in [-0.4, -0.2) is 27.5 Å². The third-order valence-corrected chi connectivity index (χ3v) is 5.84. The number of anilines is 2. The van der Waals surface area contributed by atoms with E-state index in [1.165, 1.54) is 41.3 Å². The maximum absolute atomic E-state index is 13.3. The average Bonchev–Trinajstić information content (AvgIpc) is 2.74. The Morgan fingerprint density at radius 2 is 1.57 bits per heavy atom. The lowest BCUT2D eigenvalue weighted by Gasteiger charge is -2.23. The number of carbonyl (C=O) groups excluding carboxylic acids is 1. The normalized spacial score (nSPS) is 11.1. The Kier molecular flexibility index (Phi) is 6.81. The summed E-state index contributed by atoms with van der Waals surface area (Å²) in [6.07, 6.45) is 0. The number of sulfonamides is 1. The average molecular weight is 428 g/mol. The number of hydrogen-bond acceptors (Lipinski definition) is 3. The zero-order valence-electron chi connectivity index (χ0n) is 16.4. The molecule has 0 aliphatic rings. The van der Waals surface area contributed by atoms with Gasteiger partial charge in [0.25, 0.3) is 0 Å². The van der Waals surface area contributed by atoms with E-state index in [4.69, 9.17) is 0 Å². The first-order valence-electron chi connectivity index (χ1n) is 9.31. The molecule has 3 aromatic carbocycles. The molecule has 8 heteroatoms. The molecular formula is C22H22FN3O3S. The highest BCUT2D eigenvalue weighted by Crippen LogP contribution is 2.17. The van der Waals surface area contributed by atoms with Gasteiger partial charge in [-0.2, -0.15) is 0 Å². The Bertz CT molecular complexity index is 1090. The fraction of sp³-hybridized carbons (Fsp3) is 0.136. The number of aryl methyl sites for hydroxylation is 1. The predicted octanol–water partition coefficient (Wildman–Crippen LogP) is 4.15. The molecule has 0 heterocycles. The van der Waals surface area contributed by atoms with Crippen LogP contribution in [0.1, 0.15) is 5.56 Å². The van der Waals surface area contributed by atoms with Crippen LogP contribution in [0.3, 0.4) is 0 Å². The Balaban J connectivity index is 1.73. The highest BCUT2D eigenvalue weighted by molar-refractivity contribution is 7.89. The SMILES string of the molecule is Cc1ccc(NC(=O)N(CCNS(=O)(=O)c2ccccc2)c2ccc(F)cc2)cc1. The molecule has 0 radical (unpaired) electrons. The lowest BCUT2D eigenvalue weighted by atomic mass is 10.2. The van der Waals surface area contributed by atoms with Crippen LogP contribution in [0.4, 0.5) is 20.6 Å². The molecule has 0 fully saturated rings. The van der Waals surface area contributed by atoms with Crippen LogP contribution >= 0.6 is 0 Å². The maximum atomic E-state index is 13.3. The van der Waals surface area contributed by atoms with Crippen molar-refractivity contribution in [3.63, 3.8) is 0 Å². The third kappa shape index (κ3) is 5.65. The van der Waals surface area contributed by atoms with Gasteiger partial charge in [0.1, 0.15) is 5.82 Å². The van der Waals surface area contributed by atoms with E-state index in [0.717, 1.165) is 5.56 Å². The van der Waals surface area contributed by atoms with Gasteiger partial charge in [-0.15, -0.1) is 0 Å². The summed E-state index contributed by atoms with van der Waals surface area (Å²) in [4.78, 5) is 14.3. The van der Waals surface area contributed by atoms with Crippen molar-refractivity contribution < 1.29 is 17.6 Å². The topological polar surface area (TPSA) is 78.5 Å². The standard InChI is InChI=1S/C22H22FN3O3S/c1-17-7-11-19(12-8-17)25-22(27)26(20-13-9-18(23)10-14-20)16-15-24-30(28,29)21-5-3-2-4-6-21/h2-14,24H,15-16H2,1H3,(H,25,27). The fourth-order valence-electron chi connectivity index (χ4n) is 2.77. The Morgan fingerprint density at radius 1 is 0.933 bits per heavy atom. The molecule has 0 atom stereocenters. The summed E-state index contributed by atoms with van der Waals surface area (Å²) < 4.78 is 40.6. The lowest BCUT2D eigenvalue weighted by Crippen LogP contribution is -2.41. The van der Waals surface area contributed by atoms with Gasteiger partial charge in [0, 0.05) is 24.5 Å². The summed E-state index contributed by atoms with van der Waals surface area (Å²) in [5.74, 6) is -0.428. The number of hydrogen-bond donors (Lipinski definition) is 2. The number of benzene rings is 3. The van der Waals surface area contributed by atoms with Crippen molar-refractivity contribution in [2.75, 3.05) is 23.3 Å². The molecule has 2 amide bonds. The van der Waals surface area contributed by atoms with Crippen molar-refractivity contribution in [3.05, 3.63) is 90.2 Å². The summed E-state index contributed by atoms with van der Waals surface area (Å²) >= 11 is 0. The smallest absolute Gasteiger partial charge is 0.308 e. The van der Waals surface area contributed by atoms with Crippen LogP contribution in [0.15, 0.2) is 83.8 Å². The number of halogens is 1. The number of nitrogens with zero attached hydrogens (tertiary/aromatic N) is 1. The number of urea groups is 1. The second-order valence-corrected chi connectivity index (χ2v) is 8.40. The van der Waals surface area contributed by atoms with Crippen LogP contribution < -0.4 is 14.9 Å². The summed E-state index contributed by atoms with van der Waals surface area (Å²) in [6.45, 7) is 1.97. The molecule has 3 rings (SSSR count). The zero-order chi connectivity index (χ0) is 21.6. The van der Waals surface area contributed by atoms with Crippen LogP contribution in [-0.2, 0) is 10.0 Å². The van der Waals surface area contributed by atoms with Crippen LogP contribution in [0.2, 0.25) is 0 Å². The van der Waals surface area contributed by atoms with Crippen molar-refractivity contribution in [1.82, 2.24) is 4.72 Å². The summed E-state index contributed by atoms with van der Waals surface area (Å²) in [6, 6.07) is 20.2. The summed E-state index contributed by atoms with van der Waals surface area (Å²) in [7, 11) is -3.70. The molecule has 156 valence electrons. The molecule has 0 saturated carbocycles. The van der Waals surface area contributed by atoms with Crippen LogP contribution in [0.5, 0.6) is 0 Å². The predicted molar refractivity (Wildman–Crippen MR) is 116 cm³/mol. The quantitative estimate of drug-likeness (QED) is 0.595. The number of amides is 2. The molecule has 0 aliphatic carbocycles. The molecule has 0 aromatic heterocycles. The largest absolute Gasteiger partial charge is 0.326 e. The Labute approximate surface area is 175 Å². The van der Waals surface area contributed by atoms with Gasteiger partial charge < -0.3 is 5.32 Å². The van der Waals surface area contributed by atoms with Gasteiger partial charge in [0.15, 0.2) is 0 Å². The van der Waals surface area contributed by atoms with Gasteiger partial charge in [-0.3, -0.25) is 4.90 Å². The van der Waals surface area contributed by atoms with Gasteiger partial charge in [0.2, 0.25) is 10.0 Å². The molecular weight excluding hydrogens is 405 g/mol.